The predicted molar refractivity (Wildman–Crippen MR) is 175 cm³/mol. The first-order chi connectivity index (χ1) is 19.9. The van der Waals surface area contributed by atoms with Crippen molar-refractivity contribution in [3.8, 4) is 11.5 Å². The Morgan fingerprint density at radius 2 is 1.10 bits per heavy atom. The molecule has 0 aliphatic rings. The standard InChI is InChI=1S/C34H38O5SSi2/c1-25(35)26-15-19-30(20-16-26)40-31-21-17-27(18-22-31)34(36)38-33-14-10-8-12-29(33)24-42(5,6)39-41(3,4)23-28-11-7-9-13-32(28)37-2/h7-22H,23-24H2,1-6H3. The van der Waals surface area contributed by atoms with Crippen LogP contribution in [-0.2, 0) is 16.2 Å². The summed E-state index contributed by atoms with van der Waals surface area (Å²) in [6.07, 6.45) is 0. The number of carbonyl (C=O) groups is 2. The summed E-state index contributed by atoms with van der Waals surface area (Å²) in [7, 11) is -2.53. The van der Waals surface area contributed by atoms with E-state index in [2.05, 4.69) is 32.3 Å². The van der Waals surface area contributed by atoms with Crippen molar-refractivity contribution in [2.24, 2.45) is 0 Å². The molecular formula is C34H38O5SSi2. The third-order valence-corrected chi connectivity index (χ3v) is 14.6. The molecule has 42 heavy (non-hydrogen) atoms. The van der Waals surface area contributed by atoms with Gasteiger partial charge in [0.15, 0.2) is 22.4 Å². The third-order valence-electron chi connectivity index (χ3n) is 6.74. The molecule has 0 heterocycles. The molecule has 0 aliphatic carbocycles. The molecule has 4 aromatic rings. The number of carbonyl (C=O) groups excluding carboxylic acids is 2. The van der Waals surface area contributed by atoms with Crippen LogP contribution in [0.1, 0.15) is 38.8 Å². The SMILES string of the molecule is COc1ccccc1C[Si](C)(C)O[Si](C)(C)Cc1ccccc1OC(=O)c1ccc(Sc2ccc(C(C)=O)cc2)cc1. The lowest BCUT2D eigenvalue weighted by Gasteiger charge is -2.34. The van der Waals surface area contributed by atoms with Crippen molar-refractivity contribution < 1.29 is 23.2 Å². The second kappa shape index (κ2) is 13.7. The molecule has 0 N–H and O–H groups in total. The number of para-hydroxylation sites is 2. The Kier molecular flexibility index (Phi) is 10.3. The van der Waals surface area contributed by atoms with E-state index in [0.29, 0.717) is 16.9 Å². The van der Waals surface area contributed by atoms with E-state index in [0.717, 1.165) is 33.2 Å². The van der Waals surface area contributed by atoms with Crippen LogP contribution >= 0.6 is 11.8 Å². The molecule has 0 atom stereocenters. The summed E-state index contributed by atoms with van der Waals surface area (Å²) in [5, 5.41) is 0. The summed E-state index contributed by atoms with van der Waals surface area (Å²) in [4.78, 5) is 26.6. The molecule has 0 fully saturated rings. The maximum atomic E-state index is 13.1. The van der Waals surface area contributed by atoms with Crippen LogP contribution in [0.4, 0.5) is 0 Å². The first-order valence-corrected chi connectivity index (χ1v) is 21.0. The second-order valence-corrected chi connectivity index (χ2v) is 21.2. The number of esters is 1. The van der Waals surface area contributed by atoms with Crippen molar-refractivity contribution in [2.75, 3.05) is 7.11 Å². The average molecular weight is 615 g/mol. The molecule has 0 radical (unpaired) electrons. The van der Waals surface area contributed by atoms with E-state index in [-0.39, 0.29) is 5.78 Å². The van der Waals surface area contributed by atoms with Crippen LogP contribution in [0.2, 0.25) is 26.2 Å². The van der Waals surface area contributed by atoms with Crippen LogP contribution in [0.25, 0.3) is 0 Å². The van der Waals surface area contributed by atoms with Crippen LogP contribution in [0.15, 0.2) is 107 Å². The van der Waals surface area contributed by atoms with Gasteiger partial charge in [0.25, 0.3) is 0 Å². The topological polar surface area (TPSA) is 61.8 Å². The van der Waals surface area contributed by atoms with E-state index in [4.69, 9.17) is 13.6 Å². The molecule has 0 aromatic heterocycles. The minimum atomic E-state index is -2.17. The summed E-state index contributed by atoms with van der Waals surface area (Å²) >= 11 is 1.57. The fourth-order valence-corrected chi connectivity index (χ4v) is 14.8. The van der Waals surface area contributed by atoms with Gasteiger partial charge in [0.2, 0.25) is 0 Å². The van der Waals surface area contributed by atoms with Gasteiger partial charge in [-0.2, -0.15) is 0 Å². The highest BCUT2D eigenvalue weighted by molar-refractivity contribution is 7.99. The first kappa shape index (κ1) is 31.5. The number of hydrogen-bond acceptors (Lipinski definition) is 6. The smallest absolute Gasteiger partial charge is 0.343 e. The van der Waals surface area contributed by atoms with Gasteiger partial charge in [-0.3, -0.25) is 4.79 Å². The van der Waals surface area contributed by atoms with E-state index in [1.165, 1.54) is 5.56 Å². The van der Waals surface area contributed by atoms with E-state index in [1.807, 2.05) is 78.9 Å². The van der Waals surface area contributed by atoms with Crippen molar-refractivity contribution in [1.82, 2.24) is 0 Å². The van der Waals surface area contributed by atoms with Gasteiger partial charge in [0.05, 0.1) is 12.7 Å². The van der Waals surface area contributed by atoms with Gasteiger partial charge in [0, 0.05) is 15.4 Å². The zero-order valence-corrected chi connectivity index (χ0v) is 27.9. The number of methoxy groups -OCH3 is 1. The van der Waals surface area contributed by atoms with Gasteiger partial charge in [0.1, 0.15) is 11.5 Å². The molecule has 5 nitrogen and oxygen atoms in total. The third kappa shape index (κ3) is 8.78. The highest BCUT2D eigenvalue weighted by atomic mass is 32.2. The second-order valence-electron chi connectivity index (χ2n) is 11.5. The maximum Gasteiger partial charge on any atom is 0.343 e. The summed E-state index contributed by atoms with van der Waals surface area (Å²) in [5.74, 6) is 1.12. The van der Waals surface area contributed by atoms with Gasteiger partial charge >= 0.3 is 5.97 Å². The summed E-state index contributed by atoms with van der Waals surface area (Å²) in [6, 6.07) is 32.3. The minimum absolute atomic E-state index is 0.0456. The van der Waals surface area contributed by atoms with Crippen molar-refractivity contribution in [3.63, 3.8) is 0 Å². The molecule has 0 aliphatic heterocycles. The van der Waals surface area contributed by atoms with Crippen molar-refractivity contribution in [3.05, 3.63) is 119 Å². The van der Waals surface area contributed by atoms with Gasteiger partial charge < -0.3 is 13.6 Å². The molecule has 0 saturated heterocycles. The monoisotopic (exact) mass is 614 g/mol. The molecule has 4 aromatic carbocycles. The summed E-state index contributed by atoms with van der Waals surface area (Å²) in [5.41, 5.74) is 3.32. The zero-order valence-electron chi connectivity index (χ0n) is 25.1. The Hall–Kier alpha value is -3.44. The van der Waals surface area contributed by atoms with Gasteiger partial charge in [-0.05, 0) is 105 Å². The lowest BCUT2D eigenvalue weighted by Crippen LogP contribution is -2.47. The Morgan fingerprint density at radius 3 is 1.60 bits per heavy atom. The maximum absolute atomic E-state index is 13.1. The number of hydrogen-bond donors (Lipinski definition) is 0. The van der Waals surface area contributed by atoms with Crippen LogP contribution in [0, 0.1) is 0 Å². The molecule has 0 spiro atoms. The first-order valence-electron chi connectivity index (χ1n) is 14.0. The van der Waals surface area contributed by atoms with Crippen LogP contribution in [0.5, 0.6) is 11.5 Å². The predicted octanol–water partition coefficient (Wildman–Crippen LogP) is 8.56. The number of Topliss-reactive ketones (excluding diaryl/α,β-unsaturated/α-hetero) is 1. The Balaban J connectivity index is 1.40. The molecule has 4 rings (SSSR count). The number of benzene rings is 4. The van der Waals surface area contributed by atoms with Gasteiger partial charge in [-0.25, -0.2) is 4.79 Å². The van der Waals surface area contributed by atoms with Crippen LogP contribution in [0.3, 0.4) is 0 Å². The Bertz CT molecular complexity index is 1530. The molecular weight excluding hydrogens is 577 g/mol. The number of rotatable bonds is 12. The highest BCUT2D eigenvalue weighted by Gasteiger charge is 2.34. The number of ether oxygens (including phenoxy) is 2. The quantitative estimate of drug-likeness (QED) is 0.0690. The zero-order chi connectivity index (χ0) is 30.3. The Labute approximate surface area is 255 Å². The van der Waals surface area contributed by atoms with E-state index < -0.39 is 22.6 Å². The van der Waals surface area contributed by atoms with Gasteiger partial charge in [-0.1, -0.05) is 60.3 Å². The largest absolute Gasteiger partial charge is 0.496 e. The minimum Gasteiger partial charge on any atom is -0.496 e. The fraction of sp³-hybridized carbons (Fsp3) is 0.235. The van der Waals surface area contributed by atoms with E-state index in [1.54, 1.807) is 37.9 Å². The van der Waals surface area contributed by atoms with E-state index >= 15 is 0 Å². The summed E-state index contributed by atoms with van der Waals surface area (Å²) < 4.78 is 18.4. The lowest BCUT2D eigenvalue weighted by molar-refractivity contribution is 0.0733. The molecule has 0 unspecified atom stereocenters. The molecule has 0 bridgehead atoms. The Morgan fingerprint density at radius 1 is 0.643 bits per heavy atom. The normalized spacial score (nSPS) is 11.7. The highest BCUT2D eigenvalue weighted by Crippen LogP contribution is 2.30. The molecule has 8 heteroatoms. The number of ketones is 1. The van der Waals surface area contributed by atoms with Crippen molar-refractivity contribution >= 4 is 40.1 Å². The van der Waals surface area contributed by atoms with Crippen LogP contribution in [-0.4, -0.2) is 35.5 Å². The summed E-state index contributed by atoms with van der Waals surface area (Å²) in [6.45, 7) is 10.5. The fourth-order valence-electron chi connectivity index (χ4n) is 5.05. The molecule has 0 amide bonds. The van der Waals surface area contributed by atoms with Crippen molar-refractivity contribution in [2.45, 2.75) is 55.0 Å². The molecule has 218 valence electrons. The molecule has 0 saturated carbocycles. The van der Waals surface area contributed by atoms with Gasteiger partial charge in [-0.15, -0.1) is 0 Å². The van der Waals surface area contributed by atoms with Crippen molar-refractivity contribution in [1.29, 1.82) is 0 Å². The van der Waals surface area contributed by atoms with E-state index in [9.17, 15) is 9.59 Å². The van der Waals surface area contributed by atoms with Crippen LogP contribution < -0.4 is 9.47 Å². The lowest BCUT2D eigenvalue weighted by atomic mass is 10.2. The average Bonchev–Trinajstić information content (AvgIpc) is 2.94.